The lowest BCUT2D eigenvalue weighted by atomic mass is 10.0. The largest absolute Gasteiger partial charge is 0.310 e. The van der Waals surface area contributed by atoms with Crippen LogP contribution in [0.2, 0.25) is 0 Å². The zero-order valence-corrected chi connectivity index (χ0v) is 16.5. The molecule has 1 heterocycles. The molecule has 0 aromatic heterocycles. The second-order valence-corrected chi connectivity index (χ2v) is 7.75. The lowest BCUT2D eigenvalue weighted by molar-refractivity contribution is 0.236. The predicted octanol–water partition coefficient (Wildman–Crippen LogP) is 3.08. The maximum atomic E-state index is 14.4. The summed E-state index contributed by atoms with van der Waals surface area (Å²) in [6.07, 6.45) is 6.50. The number of hydrogen-bond donors (Lipinski definition) is 3. The number of aryl methyl sites for hydroxylation is 1. The van der Waals surface area contributed by atoms with Gasteiger partial charge in [-0.25, -0.2) is 19.4 Å². The van der Waals surface area contributed by atoms with Crippen LogP contribution >= 0.6 is 0 Å². The number of aliphatic imine (C=N–C) groups is 2. The first-order valence-electron chi connectivity index (χ1n) is 9.79. The zero-order chi connectivity index (χ0) is 20.0. The first kappa shape index (κ1) is 20.3. The number of benzene rings is 1. The van der Waals surface area contributed by atoms with Gasteiger partial charge in [0.15, 0.2) is 5.67 Å². The molecule has 1 unspecified atom stereocenters. The first-order valence-corrected chi connectivity index (χ1v) is 9.79. The van der Waals surface area contributed by atoms with Crippen LogP contribution in [-0.2, 0) is 6.42 Å². The van der Waals surface area contributed by atoms with Gasteiger partial charge in [-0.1, -0.05) is 30.3 Å². The Morgan fingerprint density at radius 1 is 1.39 bits per heavy atom. The van der Waals surface area contributed by atoms with Crippen molar-refractivity contribution >= 4 is 18.1 Å². The molecular weight excluding hydrogens is 359 g/mol. The zero-order valence-electron chi connectivity index (χ0n) is 16.5. The van der Waals surface area contributed by atoms with Gasteiger partial charge in [-0.3, -0.25) is 10.7 Å². The van der Waals surface area contributed by atoms with E-state index in [4.69, 9.17) is 10.2 Å². The number of amidine groups is 1. The van der Waals surface area contributed by atoms with Gasteiger partial charge in [-0.15, -0.1) is 0 Å². The van der Waals surface area contributed by atoms with Crippen molar-refractivity contribution in [2.75, 3.05) is 6.67 Å². The molecule has 1 aliphatic carbocycles. The fourth-order valence-electron chi connectivity index (χ4n) is 3.24. The van der Waals surface area contributed by atoms with Gasteiger partial charge in [0.2, 0.25) is 5.96 Å². The molecule has 8 heteroatoms. The van der Waals surface area contributed by atoms with Crippen LogP contribution in [-0.4, -0.2) is 46.7 Å². The van der Waals surface area contributed by atoms with Crippen LogP contribution in [0, 0.1) is 5.92 Å². The van der Waals surface area contributed by atoms with Crippen molar-refractivity contribution in [1.29, 1.82) is 0 Å². The average molecular weight is 388 g/mol. The molecule has 0 spiro atoms. The maximum Gasteiger partial charge on any atom is 0.222 e. The van der Waals surface area contributed by atoms with E-state index in [9.17, 15) is 4.39 Å². The minimum atomic E-state index is -1.59. The van der Waals surface area contributed by atoms with Crippen LogP contribution in [0.5, 0.6) is 0 Å². The Balaban J connectivity index is 1.70. The van der Waals surface area contributed by atoms with E-state index < -0.39 is 5.67 Å². The van der Waals surface area contributed by atoms with Gasteiger partial charge in [0.1, 0.15) is 18.8 Å². The Bertz CT molecular complexity index is 724. The molecule has 1 fully saturated rings. The molecule has 3 N–H and O–H groups in total. The average Bonchev–Trinajstić information content (AvgIpc) is 3.51. The van der Waals surface area contributed by atoms with Crippen molar-refractivity contribution in [3.05, 3.63) is 35.9 Å². The van der Waals surface area contributed by atoms with Crippen LogP contribution in [0.4, 0.5) is 4.39 Å². The highest BCUT2D eigenvalue weighted by atomic mass is 19.1. The summed E-state index contributed by atoms with van der Waals surface area (Å²) < 4.78 is 14.4. The fourth-order valence-corrected chi connectivity index (χ4v) is 3.24. The summed E-state index contributed by atoms with van der Waals surface area (Å²) in [5.74, 6) is 1.28. The number of rotatable bonds is 9. The van der Waals surface area contributed by atoms with Gasteiger partial charge >= 0.3 is 0 Å². The minimum Gasteiger partial charge on any atom is -0.310 e. The van der Waals surface area contributed by atoms with E-state index in [0.717, 1.165) is 25.6 Å². The minimum absolute atomic E-state index is 0.147. The Morgan fingerprint density at radius 2 is 2.14 bits per heavy atom. The molecule has 0 amide bonds. The third kappa shape index (κ3) is 5.76. The molecule has 1 aromatic carbocycles. The fraction of sp³-hybridized carbons (Fsp3) is 0.550. The van der Waals surface area contributed by atoms with E-state index >= 15 is 0 Å². The second kappa shape index (κ2) is 9.14. The van der Waals surface area contributed by atoms with Gasteiger partial charge < -0.3 is 5.32 Å². The highest BCUT2D eigenvalue weighted by molar-refractivity contribution is 6.04. The smallest absolute Gasteiger partial charge is 0.222 e. The van der Waals surface area contributed by atoms with Crippen molar-refractivity contribution in [3.63, 3.8) is 0 Å². The third-order valence-corrected chi connectivity index (χ3v) is 4.92. The molecule has 28 heavy (non-hydrogen) atoms. The number of nitrogens with zero attached hydrogens (tertiary/aromatic N) is 4. The van der Waals surface area contributed by atoms with E-state index in [2.05, 4.69) is 39.7 Å². The molecule has 1 atom stereocenters. The summed E-state index contributed by atoms with van der Waals surface area (Å²) in [4.78, 5) is 9.09. The molecule has 1 aliphatic heterocycles. The number of nitrogens with one attached hydrogen (secondary N) is 2. The number of hydrogen-bond acceptors (Lipinski definition) is 4. The summed E-state index contributed by atoms with van der Waals surface area (Å²) in [7, 11) is 0. The predicted molar refractivity (Wildman–Crippen MR) is 109 cm³/mol. The highest BCUT2D eigenvalue weighted by Crippen LogP contribution is 2.37. The summed E-state index contributed by atoms with van der Waals surface area (Å²) in [5.41, 5.74) is 1.62. The van der Waals surface area contributed by atoms with Crippen molar-refractivity contribution in [2.45, 2.75) is 57.7 Å². The normalized spacial score (nSPS) is 20.2. The molecular formula is C20H29FN6O. The third-order valence-electron chi connectivity index (χ3n) is 4.92. The Labute approximate surface area is 165 Å². The number of hydrazone groups is 1. The Kier molecular flexibility index (Phi) is 6.61. The number of alkyl halides is 1. The quantitative estimate of drug-likeness (QED) is 0.345. The van der Waals surface area contributed by atoms with E-state index in [-0.39, 0.29) is 18.5 Å². The summed E-state index contributed by atoms with van der Waals surface area (Å²) in [5, 5.41) is 17.4. The van der Waals surface area contributed by atoms with Crippen LogP contribution in [0.1, 0.15) is 45.1 Å². The number of hydroxylamine groups is 1. The van der Waals surface area contributed by atoms with E-state index in [1.807, 2.05) is 11.5 Å². The summed E-state index contributed by atoms with van der Waals surface area (Å²) in [6.45, 7) is 3.07. The number of halogens is 1. The summed E-state index contributed by atoms with van der Waals surface area (Å²) in [6, 6.07) is 10.6. The highest BCUT2D eigenvalue weighted by Gasteiger charge is 2.34. The van der Waals surface area contributed by atoms with Crippen molar-refractivity contribution in [3.8, 4) is 0 Å². The van der Waals surface area contributed by atoms with Crippen LogP contribution in [0.25, 0.3) is 0 Å². The lowest BCUT2D eigenvalue weighted by Gasteiger charge is -2.30. The molecule has 3 rings (SSSR count). The molecule has 1 saturated carbocycles. The van der Waals surface area contributed by atoms with E-state index in [1.54, 1.807) is 0 Å². The molecule has 152 valence electrons. The van der Waals surface area contributed by atoms with E-state index in [1.165, 1.54) is 37.3 Å². The molecule has 1 aromatic rings. The Hall–Kier alpha value is -2.48. The van der Waals surface area contributed by atoms with Gasteiger partial charge in [-0.05, 0) is 57.4 Å². The molecule has 0 saturated heterocycles. The Morgan fingerprint density at radius 3 is 2.79 bits per heavy atom. The van der Waals surface area contributed by atoms with Gasteiger partial charge in [0, 0.05) is 0 Å². The van der Waals surface area contributed by atoms with Crippen molar-refractivity contribution < 1.29 is 9.60 Å². The SMILES string of the molecule is CC(C)(F)C1=NCN(/N=C/NO)C(=NC(CCCc2ccccc2)C2CC2)N1. The molecule has 0 bridgehead atoms. The summed E-state index contributed by atoms with van der Waals surface area (Å²) >= 11 is 0. The van der Waals surface area contributed by atoms with Crippen LogP contribution in [0.3, 0.4) is 0 Å². The van der Waals surface area contributed by atoms with Crippen molar-refractivity contribution in [1.82, 2.24) is 15.8 Å². The van der Waals surface area contributed by atoms with Gasteiger partial charge in [0.25, 0.3) is 0 Å². The molecule has 7 nitrogen and oxygen atoms in total. The van der Waals surface area contributed by atoms with Crippen LogP contribution in [0.15, 0.2) is 45.4 Å². The van der Waals surface area contributed by atoms with Gasteiger partial charge in [0.05, 0.1) is 6.04 Å². The van der Waals surface area contributed by atoms with Gasteiger partial charge in [-0.2, -0.15) is 5.10 Å². The first-order chi connectivity index (χ1) is 13.5. The lowest BCUT2D eigenvalue weighted by Crippen LogP contribution is -2.52. The standard InChI is InChI=1S/C20H29FN6O/c1-20(2,21)18-22-14-27(23-13-24-28)19(26-18)25-17(16-11-12-16)10-6-9-15-7-4-3-5-8-15/h3-5,7-8,13,16-17,28H,6,9-12,14H2,1-2H3,(H,23,24)(H,22,25,26). The van der Waals surface area contributed by atoms with E-state index in [0.29, 0.717) is 11.9 Å². The second-order valence-electron chi connectivity index (χ2n) is 7.75. The molecule has 0 radical (unpaired) electrons. The number of guanidine groups is 1. The van der Waals surface area contributed by atoms with Crippen LogP contribution < -0.4 is 10.8 Å². The maximum absolute atomic E-state index is 14.4. The monoisotopic (exact) mass is 388 g/mol. The molecule has 2 aliphatic rings. The topological polar surface area (TPSA) is 84.6 Å². The van der Waals surface area contributed by atoms with Crippen molar-refractivity contribution in [2.24, 2.45) is 21.0 Å².